The first-order valence-corrected chi connectivity index (χ1v) is 10.4. The highest BCUT2D eigenvalue weighted by atomic mass is 79.9. The van der Waals surface area contributed by atoms with Gasteiger partial charge in [-0.1, -0.05) is 72.4 Å². The molecule has 0 heterocycles. The summed E-state index contributed by atoms with van der Waals surface area (Å²) in [6.45, 7) is 2.81. The Morgan fingerprint density at radius 2 is 1.71 bits per heavy atom. The fourth-order valence-corrected chi connectivity index (χ4v) is 3.82. The summed E-state index contributed by atoms with van der Waals surface area (Å²) in [5.41, 5.74) is 2.58. The van der Waals surface area contributed by atoms with E-state index in [4.69, 9.17) is 4.74 Å². The summed E-state index contributed by atoms with van der Waals surface area (Å²) in [4.78, 5) is 23.3. The minimum atomic E-state index is 0.502. The molecule has 0 aliphatic carbocycles. The molecule has 0 bridgehead atoms. The normalized spacial score (nSPS) is 10.8. The zero-order valence-corrected chi connectivity index (χ0v) is 17.5. The molecule has 0 amide bonds. The van der Waals surface area contributed by atoms with E-state index in [-0.39, 0.29) is 0 Å². The number of hydrogen-bond acceptors (Lipinski definition) is 3. The van der Waals surface area contributed by atoms with Gasteiger partial charge in [0.25, 0.3) is 0 Å². The van der Waals surface area contributed by atoms with Gasteiger partial charge < -0.3 is 4.74 Å². The molecule has 144 valence electrons. The fourth-order valence-electron chi connectivity index (χ4n) is 3.37. The van der Waals surface area contributed by atoms with Gasteiger partial charge in [0.2, 0.25) is 0 Å². The lowest BCUT2D eigenvalue weighted by molar-refractivity contribution is 0.111. The lowest BCUT2D eigenvalue weighted by Crippen LogP contribution is -2.01. The van der Waals surface area contributed by atoms with Gasteiger partial charge in [0.15, 0.2) is 12.6 Å². The van der Waals surface area contributed by atoms with E-state index in [1.165, 1.54) is 12.8 Å². The Kier molecular flexibility index (Phi) is 6.99. The van der Waals surface area contributed by atoms with Gasteiger partial charge in [-0.25, -0.2) is 0 Å². The molecule has 0 saturated carbocycles. The van der Waals surface area contributed by atoms with Gasteiger partial charge in [-0.15, -0.1) is 0 Å². The van der Waals surface area contributed by atoms with Gasteiger partial charge in [0, 0.05) is 21.2 Å². The molecule has 0 radical (unpaired) electrons. The maximum absolute atomic E-state index is 11.8. The highest BCUT2D eigenvalue weighted by Crippen LogP contribution is 2.40. The van der Waals surface area contributed by atoms with Gasteiger partial charge in [-0.2, -0.15) is 0 Å². The topological polar surface area (TPSA) is 43.4 Å². The second kappa shape index (κ2) is 9.65. The van der Waals surface area contributed by atoms with E-state index in [9.17, 15) is 9.59 Å². The van der Waals surface area contributed by atoms with E-state index >= 15 is 0 Å². The summed E-state index contributed by atoms with van der Waals surface area (Å²) in [7, 11) is 0. The van der Waals surface area contributed by atoms with Crippen LogP contribution in [0.25, 0.3) is 21.9 Å². The number of fused-ring (bicyclic) bond motifs is 1. The van der Waals surface area contributed by atoms with Gasteiger partial charge >= 0.3 is 0 Å². The number of benzene rings is 3. The summed E-state index contributed by atoms with van der Waals surface area (Å²) in [6.07, 6.45) is 6.10. The van der Waals surface area contributed by atoms with Crippen LogP contribution in [0.4, 0.5) is 0 Å². The SMILES string of the molecule is CCCCCCOc1ccc2ccccc2c1-c1cc(C=O)c(Br)cc1C=O. The maximum Gasteiger partial charge on any atom is 0.151 e. The van der Waals surface area contributed by atoms with Crippen LogP contribution in [-0.4, -0.2) is 19.2 Å². The monoisotopic (exact) mass is 438 g/mol. The lowest BCUT2D eigenvalue weighted by atomic mass is 9.92. The van der Waals surface area contributed by atoms with Crippen LogP contribution in [0.1, 0.15) is 53.3 Å². The molecule has 0 fully saturated rings. The van der Waals surface area contributed by atoms with Crippen molar-refractivity contribution in [2.45, 2.75) is 32.6 Å². The predicted molar refractivity (Wildman–Crippen MR) is 117 cm³/mol. The number of hydrogen-bond donors (Lipinski definition) is 0. The zero-order chi connectivity index (χ0) is 19.9. The Balaban J connectivity index is 2.13. The van der Waals surface area contributed by atoms with E-state index in [1.807, 2.05) is 36.4 Å². The second-order valence-electron chi connectivity index (χ2n) is 6.77. The number of rotatable bonds is 9. The van der Waals surface area contributed by atoms with Crippen LogP contribution in [-0.2, 0) is 0 Å². The van der Waals surface area contributed by atoms with Crippen LogP contribution in [0.3, 0.4) is 0 Å². The summed E-state index contributed by atoms with van der Waals surface area (Å²) >= 11 is 3.37. The van der Waals surface area contributed by atoms with Crippen molar-refractivity contribution in [3.63, 3.8) is 0 Å². The molecule has 0 atom stereocenters. The van der Waals surface area contributed by atoms with E-state index in [1.54, 1.807) is 12.1 Å². The first kappa shape index (κ1) is 20.3. The molecule has 4 heteroatoms. The average Bonchev–Trinajstić information content (AvgIpc) is 2.73. The number of ether oxygens (including phenoxy) is 1. The molecule has 0 unspecified atom stereocenters. The van der Waals surface area contributed by atoms with Crippen molar-refractivity contribution in [3.05, 3.63) is 64.1 Å². The standard InChI is InChI=1S/C24H23BrO3/c1-2-3-4-7-12-28-23-11-10-17-8-5-6-9-20(17)24(23)21-13-19(16-27)22(25)14-18(21)15-26/h5-6,8-11,13-16H,2-4,7,12H2,1H3. The van der Waals surface area contributed by atoms with Crippen LogP contribution in [0.15, 0.2) is 53.0 Å². The van der Waals surface area contributed by atoms with Crippen LogP contribution >= 0.6 is 15.9 Å². The van der Waals surface area contributed by atoms with E-state index in [2.05, 4.69) is 22.9 Å². The van der Waals surface area contributed by atoms with E-state index in [0.717, 1.165) is 47.5 Å². The molecule has 0 saturated heterocycles. The Morgan fingerprint density at radius 1 is 0.929 bits per heavy atom. The molecule has 3 aromatic rings. The molecule has 0 aliphatic heterocycles. The largest absolute Gasteiger partial charge is 0.493 e. The molecule has 0 aliphatic rings. The van der Waals surface area contributed by atoms with Crippen LogP contribution in [0, 0.1) is 0 Å². The molecular formula is C24H23BrO3. The molecule has 0 spiro atoms. The van der Waals surface area contributed by atoms with Crippen LogP contribution in [0.5, 0.6) is 5.75 Å². The first-order valence-electron chi connectivity index (χ1n) is 9.58. The van der Waals surface area contributed by atoms with Gasteiger partial charge in [-0.3, -0.25) is 9.59 Å². The van der Waals surface area contributed by atoms with Crippen molar-refractivity contribution in [1.82, 2.24) is 0 Å². The molecule has 0 aromatic heterocycles. The highest BCUT2D eigenvalue weighted by molar-refractivity contribution is 9.10. The van der Waals surface area contributed by atoms with Gasteiger partial charge in [0.1, 0.15) is 5.75 Å². The van der Waals surface area contributed by atoms with Crippen LogP contribution in [0.2, 0.25) is 0 Å². The molecule has 28 heavy (non-hydrogen) atoms. The third kappa shape index (κ3) is 4.33. The van der Waals surface area contributed by atoms with E-state index in [0.29, 0.717) is 27.8 Å². The summed E-state index contributed by atoms with van der Waals surface area (Å²) in [5.74, 6) is 0.734. The lowest BCUT2D eigenvalue weighted by Gasteiger charge is -2.17. The quantitative estimate of drug-likeness (QED) is 0.270. The minimum Gasteiger partial charge on any atom is -0.493 e. The molecule has 3 rings (SSSR count). The predicted octanol–water partition coefficient (Wildman–Crippen LogP) is 6.85. The Bertz CT molecular complexity index is 995. The number of halogens is 1. The number of aldehydes is 2. The smallest absolute Gasteiger partial charge is 0.151 e. The molecule has 0 N–H and O–H groups in total. The van der Waals surface area contributed by atoms with Crippen molar-refractivity contribution in [2.24, 2.45) is 0 Å². The number of carbonyl (C=O) groups is 2. The average molecular weight is 439 g/mol. The number of unbranched alkanes of at least 4 members (excludes halogenated alkanes) is 3. The highest BCUT2D eigenvalue weighted by Gasteiger charge is 2.17. The summed E-state index contributed by atoms with van der Waals surface area (Å²) in [6, 6.07) is 15.4. The van der Waals surface area contributed by atoms with Crippen molar-refractivity contribution in [3.8, 4) is 16.9 Å². The molecule has 3 aromatic carbocycles. The summed E-state index contributed by atoms with van der Waals surface area (Å²) < 4.78 is 6.74. The van der Waals surface area contributed by atoms with Crippen LogP contribution < -0.4 is 4.74 Å². The Hall–Kier alpha value is -2.46. The fraction of sp³-hybridized carbons (Fsp3) is 0.250. The minimum absolute atomic E-state index is 0.502. The molecule has 3 nitrogen and oxygen atoms in total. The second-order valence-corrected chi connectivity index (χ2v) is 7.62. The molecular weight excluding hydrogens is 416 g/mol. The maximum atomic E-state index is 11.8. The Morgan fingerprint density at radius 3 is 2.46 bits per heavy atom. The van der Waals surface area contributed by atoms with Crippen molar-refractivity contribution in [2.75, 3.05) is 6.61 Å². The van der Waals surface area contributed by atoms with Gasteiger partial charge in [0.05, 0.1) is 6.61 Å². The number of carbonyl (C=O) groups excluding carboxylic acids is 2. The van der Waals surface area contributed by atoms with Crippen molar-refractivity contribution >= 4 is 39.3 Å². The first-order chi connectivity index (χ1) is 13.7. The third-order valence-electron chi connectivity index (χ3n) is 4.84. The van der Waals surface area contributed by atoms with Crippen molar-refractivity contribution in [1.29, 1.82) is 0 Å². The Labute approximate surface area is 173 Å². The van der Waals surface area contributed by atoms with E-state index < -0.39 is 0 Å². The third-order valence-corrected chi connectivity index (χ3v) is 5.53. The zero-order valence-electron chi connectivity index (χ0n) is 15.9. The summed E-state index contributed by atoms with van der Waals surface area (Å²) in [5, 5.41) is 2.05. The van der Waals surface area contributed by atoms with Crippen molar-refractivity contribution < 1.29 is 14.3 Å². The van der Waals surface area contributed by atoms with Gasteiger partial charge in [-0.05, 0) is 41.0 Å².